The summed E-state index contributed by atoms with van der Waals surface area (Å²) < 4.78 is 0. The summed E-state index contributed by atoms with van der Waals surface area (Å²) >= 11 is 0. The summed E-state index contributed by atoms with van der Waals surface area (Å²) in [6.07, 6.45) is 12.1. The molecule has 2 unspecified atom stereocenters. The van der Waals surface area contributed by atoms with Crippen molar-refractivity contribution in [2.75, 3.05) is 39.3 Å². The van der Waals surface area contributed by atoms with Crippen molar-refractivity contribution in [3.8, 4) is 0 Å². The molecule has 2 heterocycles. The van der Waals surface area contributed by atoms with Crippen molar-refractivity contribution in [1.82, 2.24) is 20.4 Å². The molecule has 6 heteroatoms. The fraction of sp³-hybridized carbons (Fsp3) is 0.913. The average Bonchev–Trinajstić information content (AvgIpc) is 3.41. The van der Waals surface area contributed by atoms with Gasteiger partial charge in [-0.15, -0.1) is 0 Å². The highest BCUT2D eigenvalue weighted by atomic mass is 16.2. The van der Waals surface area contributed by atoms with Gasteiger partial charge < -0.3 is 20.4 Å². The molecular weight excluding hydrogens is 362 g/mol. The predicted molar refractivity (Wildman–Crippen MR) is 120 cm³/mol. The van der Waals surface area contributed by atoms with Crippen LogP contribution in [-0.4, -0.2) is 73.0 Å². The first-order chi connectivity index (χ1) is 14.2. The van der Waals surface area contributed by atoms with Crippen LogP contribution in [0, 0.1) is 5.92 Å². The van der Waals surface area contributed by atoms with E-state index >= 15 is 0 Å². The average molecular weight is 406 g/mol. The fourth-order valence-corrected chi connectivity index (χ4v) is 5.13. The van der Waals surface area contributed by atoms with Crippen molar-refractivity contribution < 1.29 is 4.79 Å². The second kappa shape index (κ2) is 11.8. The zero-order chi connectivity index (χ0) is 20.5. The van der Waals surface area contributed by atoms with Crippen LogP contribution in [0.2, 0.25) is 0 Å². The maximum Gasteiger partial charge on any atom is 0.225 e. The quantitative estimate of drug-likeness (QED) is 0.370. The third-order valence-electron chi connectivity index (χ3n) is 6.95. The number of amides is 1. The number of piperidine rings is 1. The largest absolute Gasteiger partial charge is 0.357 e. The minimum atomic E-state index is 0.290. The molecule has 2 N–H and O–H groups in total. The van der Waals surface area contributed by atoms with Gasteiger partial charge in [-0.25, -0.2) is 0 Å². The van der Waals surface area contributed by atoms with E-state index in [-0.39, 0.29) is 0 Å². The van der Waals surface area contributed by atoms with Gasteiger partial charge in [-0.2, -0.15) is 0 Å². The van der Waals surface area contributed by atoms with Crippen LogP contribution in [0.4, 0.5) is 0 Å². The summed E-state index contributed by atoms with van der Waals surface area (Å²) in [6.45, 7) is 10.4. The first-order valence-electron chi connectivity index (χ1n) is 12.2. The highest BCUT2D eigenvalue weighted by Gasteiger charge is 2.32. The molecule has 2 aliphatic heterocycles. The summed E-state index contributed by atoms with van der Waals surface area (Å²) in [7, 11) is 0. The number of nitrogens with one attached hydrogen (secondary N) is 2. The fourth-order valence-electron chi connectivity index (χ4n) is 5.13. The number of hydrogen-bond acceptors (Lipinski definition) is 3. The summed E-state index contributed by atoms with van der Waals surface area (Å²) in [6, 6.07) is 1.08. The molecule has 1 saturated carbocycles. The predicted octanol–water partition coefficient (Wildman–Crippen LogP) is 2.99. The second-order valence-electron chi connectivity index (χ2n) is 9.24. The van der Waals surface area contributed by atoms with Crippen molar-refractivity contribution in [1.29, 1.82) is 0 Å². The molecule has 1 aliphatic carbocycles. The summed E-state index contributed by atoms with van der Waals surface area (Å²) in [4.78, 5) is 22.2. The molecule has 0 aromatic rings. The monoisotopic (exact) mass is 405 g/mol. The van der Waals surface area contributed by atoms with Crippen LogP contribution in [0.3, 0.4) is 0 Å². The number of carbonyl (C=O) groups excluding carboxylic acids is 1. The minimum Gasteiger partial charge on any atom is -0.357 e. The smallest absolute Gasteiger partial charge is 0.225 e. The van der Waals surface area contributed by atoms with Crippen LogP contribution in [0.25, 0.3) is 0 Å². The molecule has 0 aromatic carbocycles. The van der Waals surface area contributed by atoms with Gasteiger partial charge in [0.15, 0.2) is 5.96 Å². The number of guanidine groups is 1. The summed E-state index contributed by atoms with van der Waals surface area (Å²) in [5, 5.41) is 6.96. The molecule has 0 spiro atoms. The van der Waals surface area contributed by atoms with Crippen molar-refractivity contribution in [3.05, 3.63) is 0 Å². The van der Waals surface area contributed by atoms with Crippen LogP contribution < -0.4 is 10.6 Å². The lowest BCUT2D eigenvalue weighted by atomic mass is 10.0. The molecule has 0 aromatic heterocycles. The van der Waals surface area contributed by atoms with E-state index in [0.717, 1.165) is 63.9 Å². The van der Waals surface area contributed by atoms with Gasteiger partial charge in [0.05, 0.1) is 0 Å². The van der Waals surface area contributed by atoms with Crippen LogP contribution >= 0.6 is 0 Å². The van der Waals surface area contributed by atoms with Gasteiger partial charge in [-0.05, 0) is 71.9 Å². The topological polar surface area (TPSA) is 60.0 Å². The normalized spacial score (nSPS) is 26.8. The molecule has 3 aliphatic rings. The number of likely N-dealkylation sites (tertiary alicyclic amines) is 2. The van der Waals surface area contributed by atoms with E-state index < -0.39 is 0 Å². The van der Waals surface area contributed by atoms with Gasteiger partial charge in [0.25, 0.3) is 0 Å². The lowest BCUT2D eigenvalue weighted by Gasteiger charge is -2.33. The van der Waals surface area contributed by atoms with E-state index in [2.05, 4.69) is 34.3 Å². The lowest BCUT2D eigenvalue weighted by molar-refractivity contribution is -0.134. The number of carbonyl (C=O) groups is 1. The zero-order valence-corrected chi connectivity index (χ0v) is 18.8. The van der Waals surface area contributed by atoms with Crippen molar-refractivity contribution in [3.63, 3.8) is 0 Å². The van der Waals surface area contributed by atoms with Crippen LogP contribution in [0.5, 0.6) is 0 Å². The number of aliphatic imine (C=N–C) groups is 1. The van der Waals surface area contributed by atoms with Gasteiger partial charge >= 0.3 is 0 Å². The van der Waals surface area contributed by atoms with Gasteiger partial charge in [0.1, 0.15) is 0 Å². The number of nitrogens with zero attached hydrogens (tertiary/aromatic N) is 3. The van der Waals surface area contributed by atoms with E-state index in [0.29, 0.717) is 17.9 Å². The van der Waals surface area contributed by atoms with Gasteiger partial charge in [0.2, 0.25) is 5.91 Å². The number of rotatable bonds is 8. The molecule has 0 radical (unpaired) electrons. The number of hydrogen-bond donors (Lipinski definition) is 2. The van der Waals surface area contributed by atoms with Gasteiger partial charge in [0, 0.05) is 44.2 Å². The molecule has 166 valence electrons. The van der Waals surface area contributed by atoms with E-state index in [1.807, 2.05) is 0 Å². The van der Waals surface area contributed by atoms with E-state index in [1.165, 1.54) is 51.6 Å². The Morgan fingerprint density at radius 2 is 1.83 bits per heavy atom. The Bertz CT molecular complexity index is 531. The minimum absolute atomic E-state index is 0.290. The third kappa shape index (κ3) is 6.87. The number of unbranched alkanes of at least 4 members (excludes halogenated alkanes) is 1. The Morgan fingerprint density at radius 3 is 2.59 bits per heavy atom. The first kappa shape index (κ1) is 22.4. The van der Waals surface area contributed by atoms with Crippen LogP contribution in [0.1, 0.15) is 78.1 Å². The zero-order valence-electron chi connectivity index (χ0n) is 18.8. The van der Waals surface area contributed by atoms with Gasteiger partial charge in [-0.3, -0.25) is 9.79 Å². The Kier molecular flexibility index (Phi) is 9.09. The lowest BCUT2D eigenvalue weighted by Crippen LogP contribution is -2.45. The summed E-state index contributed by atoms with van der Waals surface area (Å²) in [5.41, 5.74) is 0. The van der Waals surface area contributed by atoms with Crippen LogP contribution in [0.15, 0.2) is 4.99 Å². The maximum absolute atomic E-state index is 12.7. The van der Waals surface area contributed by atoms with Gasteiger partial charge in [-0.1, -0.05) is 19.3 Å². The molecule has 0 bridgehead atoms. The van der Waals surface area contributed by atoms with E-state index in [9.17, 15) is 4.79 Å². The maximum atomic E-state index is 12.7. The third-order valence-corrected chi connectivity index (χ3v) is 6.95. The van der Waals surface area contributed by atoms with Crippen molar-refractivity contribution in [2.24, 2.45) is 10.9 Å². The molecule has 3 fully saturated rings. The highest BCUT2D eigenvalue weighted by Crippen LogP contribution is 2.27. The first-order valence-corrected chi connectivity index (χ1v) is 12.2. The molecule has 2 atom stereocenters. The SMILES string of the molecule is CCNC(=NCCCCN1CCCCC1C)NC1CCN(C(=O)C2CCCC2)C1. The molecule has 2 saturated heterocycles. The van der Waals surface area contributed by atoms with Crippen molar-refractivity contribution >= 4 is 11.9 Å². The van der Waals surface area contributed by atoms with Crippen molar-refractivity contribution in [2.45, 2.75) is 90.1 Å². The molecule has 1 amide bonds. The Balaban J connectivity index is 1.37. The Morgan fingerprint density at radius 1 is 1.03 bits per heavy atom. The summed E-state index contributed by atoms with van der Waals surface area (Å²) in [5.74, 6) is 1.60. The molecule has 6 nitrogen and oxygen atoms in total. The van der Waals surface area contributed by atoms with E-state index in [4.69, 9.17) is 4.99 Å². The Hall–Kier alpha value is -1.30. The Labute approximate surface area is 177 Å². The molecule has 29 heavy (non-hydrogen) atoms. The highest BCUT2D eigenvalue weighted by molar-refractivity contribution is 5.81. The molecular formula is C23H43N5O. The van der Waals surface area contributed by atoms with E-state index in [1.54, 1.807) is 0 Å². The standard InChI is InChI=1S/C23H43N5O/c1-3-24-23(25-14-7-9-16-27-15-8-6-10-19(27)2)26-21-13-17-28(18-21)22(29)20-11-4-5-12-20/h19-21H,3-18H2,1-2H3,(H2,24,25,26). The second-order valence-corrected chi connectivity index (χ2v) is 9.24. The van der Waals surface area contributed by atoms with Crippen LogP contribution in [-0.2, 0) is 4.79 Å². The molecule has 3 rings (SSSR count).